The first-order chi connectivity index (χ1) is 5.77. The third kappa shape index (κ3) is 3.57. The molecular weight excluding hydrogens is 285 g/mol. The molecule has 66 valence electrons. The first-order valence-electron chi connectivity index (χ1n) is 3.51. The normalized spacial score (nSPS) is 8.77. The average Bonchev–Trinajstić information content (AvgIpc) is 2.17. The second-order valence-electron chi connectivity index (χ2n) is 2.32. The Morgan fingerprint density at radius 3 is 2.31 bits per heavy atom. The molecule has 0 fully saturated rings. The van der Waals surface area contributed by atoms with Gasteiger partial charge in [-0.25, -0.2) is 4.79 Å². The molecule has 0 saturated heterocycles. The second kappa shape index (κ2) is 6.28. The predicted octanol–water partition coefficient (Wildman–Crippen LogP) is 2.37. The van der Waals surface area contributed by atoms with E-state index in [0.717, 1.165) is 10.9 Å². The fraction of sp³-hybridized carbons (Fsp3) is 0.222. The molecule has 4 heteroatoms. The van der Waals surface area contributed by atoms with Gasteiger partial charge in [-0.05, 0) is 17.7 Å². The molecule has 0 saturated carbocycles. The van der Waals surface area contributed by atoms with Gasteiger partial charge in [-0.3, -0.25) is 0 Å². The zero-order valence-electron chi connectivity index (χ0n) is 7.42. The predicted molar refractivity (Wildman–Crippen MR) is 50.4 cm³/mol. The van der Waals surface area contributed by atoms with Crippen LogP contribution in [-0.4, -0.2) is 13.1 Å². The smallest absolute Gasteiger partial charge is 0.337 e. The fourth-order valence-electron chi connectivity index (χ4n) is 0.848. The van der Waals surface area contributed by atoms with E-state index in [1.54, 1.807) is 12.1 Å². The zero-order valence-corrected chi connectivity index (χ0v) is 12.0. The summed E-state index contributed by atoms with van der Waals surface area (Å²) in [7, 11) is 1.38. The van der Waals surface area contributed by atoms with Crippen LogP contribution >= 0.6 is 15.9 Å². The first kappa shape index (κ1) is 12.8. The van der Waals surface area contributed by atoms with Gasteiger partial charge in [-0.1, -0.05) is 28.1 Å². The van der Waals surface area contributed by atoms with Crippen LogP contribution in [0.5, 0.6) is 0 Å². The Morgan fingerprint density at radius 1 is 1.38 bits per heavy atom. The van der Waals surface area contributed by atoms with Crippen LogP contribution in [0.15, 0.2) is 24.3 Å². The molecule has 0 amide bonds. The monoisotopic (exact) mass is 292 g/mol. The summed E-state index contributed by atoms with van der Waals surface area (Å²) in [6, 6.07) is 7.28. The number of carbonyl (C=O) groups excluding carboxylic acids is 1. The van der Waals surface area contributed by atoms with Crippen LogP contribution in [0, 0.1) is 0 Å². The van der Waals surface area contributed by atoms with Crippen molar-refractivity contribution in [2.75, 3.05) is 7.11 Å². The molecule has 0 bridgehead atoms. The van der Waals surface area contributed by atoms with Crippen LogP contribution in [0.3, 0.4) is 0 Å². The maximum Gasteiger partial charge on any atom is 0.337 e. The van der Waals surface area contributed by atoms with Crippen molar-refractivity contribution in [3.8, 4) is 0 Å². The zero-order chi connectivity index (χ0) is 8.97. The third-order valence-corrected chi connectivity index (χ3v) is 2.18. The summed E-state index contributed by atoms with van der Waals surface area (Å²) in [5.41, 5.74) is 1.73. The second-order valence-corrected chi connectivity index (χ2v) is 2.88. The van der Waals surface area contributed by atoms with Gasteiger partial charge in [0.2, 0.25) is 0 Å². The Labute approximate surface area is 98.6 Å². The number of methoxy groups -OCH3 is 1. The van der Waals surface area contributed by atoms with E-state index in [1.165, 1.54) is 7.11 Å². The Morgan fingerprint density at radius 2 is 1.92 bits per heavy atom. The van der Waals surface area contributed by atoms with Crippen molar-refractivity contribution in [3.63, 3.8) is 0 Å². The van der Waals surface area contributed by atoms with Gasteiger partial charge in [-0.15, -0.1) is 0 Å². The number of hydrogen-bond acceptors (Lipinski definition) is 2. The van der Waals surface area contributed by atoms with Crippen molar-refractivity contribution in [2.45, 2.75) is 5.33 Å². The summed E-state index contributed by atoms with van der Waals surface area (Å²) in [6.07, 6.45) is 0. The fourth-order valence-corrected chi connectivity index (χ4v) is 1.22. The minimum Gasteiger partial charge on any atom is -0.465 e. The number of hydrogen-bond donors (Lipinski definition) is 0. The molecule has 0 unspecified atom stereocenters. The number of halogens is 1. The summed E-state index contributed by atoms with van der Waals surface area (Å²) in [4.78, 5) is 11.0. The molecule has 2 nitrogen and oxygen atoms in total. The van der Waals surface area contributed by atoms with Gasteiger partial charge in [0.05, 0.1) is 12.7 Å². The molecule has 0 spiro atoms. The summed E-state index contributed by atoms with van der Waals surface area (Å²) in [5, 5.41) is 0.800. The average molecular weight is 294 g/mol. The first-order valence-corrected chi connectivity index (χ1v) is 4.63. The van der Waals surface area contributed by atoms with Crippen LogP contribution in [0.2, 0.25) is 0 Å². The number of esters is 1. The van der Waals surface area contributed by atoms with E-state index < -0.39 is 0 Å². The van der Waals surface area contributed by atoms with Gasteiger partial charge < -0.3 is 4.74 Å². The molecule has 1 aromatic carbocycles. The number of carbonyl (C=O) groups is 1. The van der Waals surface area contributed by atoms with Gasteiger partial charge in [0.15, 0.2) is 0 Å². The minimum atomic E-state index is -0.295. The van der Waals surface area contributed by atoms with E-state index in [1.807, 2.05) is 12.1 Å². The van der Waals surface area contributed by atoms with E-state index in [-0.39, 0.29) is 25.4 Å². The third-order valence-electron chi connectivity index (χ3n) is 1.53. The molecule has 0 aliphatic carbocycles. The van der Waals surface area contributed by atoms with Crippen LogP contribution in [0.4, 0.5) is 0 Å². The molecule has 0 radical (unpaired) electrons. The van der Waals surface area contributed by atoms with E-state index in [2.05, 4.69) is 20.7 Å². The van der Waals surface area contributed by atoms with Crippen LogP contribution in [-0.2, 0) is 29.5 Å². The summed E-state index contributed by atoms with van der Waals surface area (Å²) in [5.74, 6) is -0.295. The SMILES string of the molecule is COC(=O)c1ccc(CBr)cc1.[Zn]. The number of ether oxygens (including phenoxy) is 1. The number of benzene rings is 1. The van der Waals surface area contributed by atoms with E-state index in [4.69, 9.17) is 0 Å². The number of rotatable bonds is 2. The molecule has 0 N–H and O–H groups in total. The van der Waals surface area contributed by atoms with Crippen molar-refractivity contribution in [3.05, 3.63) is 35.4 Å². The van der Waals surface area contributed by atoms with E-state index in [0.29, 0.717) is 5.56 Å². The summed E-state index contributed by atoms with van der Waals surface area (Å²) < 4.78 is 4.56. The summed E-state index contributed by atoms with van der Waals surface area (Å²) >= 11 is 3.32. The van der Waals surface area contributed by atoms with Crippen molar-refractivity contribution < 1.29 is 29.0 Å². The summed E-state index contributed by atoms with van der Waals surface area (Å²) in [6.45, 7) is 0. The van der Waals surface area contributed by atoms with Crippen molar-refractivity contribution in [1.29, 1.82) is 0 Å². The van der Waals surface area contributed by atoms with Gasteiger partial charge >= 0.3 is 5.97 Å². The topological polar surface area (TPSA) is 26.3 Å². The maximum absolute atomic E-state index is 11.0. The van der Waals surface area contributed by atoms with Crippen molar-refractivity contribution in [1.82, 2.24) is 0 Å². The molecule has 0 heterocycles. The van der Waals surface area contributed by atoms with Crippen LogP contribution in [0.1, 0.15) is 15.9 Å². The Balaban J connectivity index is 0.00000144. The van der Waals surface area contributed by atoms with Crippen LogP contribution in [0.25, 0.3) is 0 Å². The minimum absolute atomic E-state index is 0. The van der Waals surface area contributed by atoms with Gasteiger partial charge in [0.25, 0.3) is 0 Å². The molecule has 0 atom stereocenters. The Kier molecular flexibility index (Phi) is 6.18. The molecular formula is C9H9BrO2Zn. The van der Waals surface area contributed by atoms with Gasteiger partial charge in [0.1, 0.15) is 0 Å². The molecule has 0 aliphatic rings. The molecule has 1 aromatic rings. The maximum atomic E-state index is 11.0. The van der Waals surface area contributed by atoms with E-state index in [9.17, 15) is 4.79 Å². The standard InChI is InChI=1S/C9H9BrO2.Zn/c1-12-9(11)8-4-2-7(6-10)3-5-8;/h2-5H,6H2,1H3;. The Bertz CT molecular complexity index is 271. The molecule has 1 rings (SSSR count). The van der Waals surface area contributed by atoms with Crippen molar-refractivity contribution >= 4 is 21.9 Å². The molecule has 13 heavy (non-hydrogen) atoms. The Hall–Kier alpha value is -0.207. The molecule has 0 aromatic heterocycles. The van der Waals surface area contributed by atoms with Gasteiger partial charge in [0, 0.05) is 24.8 Å². The largest absolute Gasteiger partial charge is 0.465 e. The van der Waals surface area contributed by atoms with E-state index >= 15 is 0 Å². The molecule has 0 aliphatic heterocycles. The van der Waals surface area contributed by atoms with Gasteiger partial charge in [-0.2, -0.15) is 0 Å². The quantitative estimate of drug-likeness (QED) is 0.475. The van der Waals surface area contributed by atoms with Crippen molar-refractivity contribution in [2.24, 2.45) is 0 Å². The van der Waals surface area contributed by atoms with Crippen LogP contribution < -0.4 is 0 Å². The number of alkyl halides is 1.